The minimum Gasteiger partial charge on any atom is -0.481 e. The van der Waals surface area contributed by atoms with Crippen molar-refractivity contribution in [1.29, 1.82) is 0 Å². The van der Waals surface area contributed by atoms with Gasteiger partial charge < -0.3 is 20.5 Å². The molecule has 0 spiro atoms. The number of aliphatic hydroxyl groups is 1. The zero-order valence-electron chi connectivity index (χ0n) is 15.0. The highest BCUT2D eigenvalue weighted by molar-refractivity contribution is 5.89. The molecule has 0 aliphatic carbocycles. The molecule has 2 aromatic rings. The molecule has 1 heterocycles. The number of carbonyl (C=O) groups excluding carboxylic acids is 2. The molecule has 0 fully saturated rings. The van der Waals surface area contributed by atoms with Crippen LogP contribution in [0, 0.1) is 11.8 Å². The van der Waals surface area contributed by atoms with Gasteiger partial charge in [-0.15, -0.1) is 0 Å². The average molecular weight is 368 g/mol. The number of nitrogens with zero attached hydrogens (tertiary/aromatic N) is 3. The molecule has 1 atom stereocenters. The molecular weight excluding hydrogens is 348 g/mol. The zero-order valence-corrected chi connectivity index (χ0v) is 15.0. The summed E-state index contributed by atoms with van der Waals surface area (Å²) in [6.07, 6.45) is 0.198. The van der Waals surface area contributed by atoms with E-state index in [9.17, 15) is 14.7 Å². The molecule has 2 amide bonds. The van der Waals surface area contributed by atoms with Gasteiger partial charge in [0.2, 0.25) is 18.1 Å². The van der Waals surface area contributed by atoms with Crippen molar-refractivity contribution in [2.24, 2.45) is 5.73 Å². The van der Waals surface area contributed by atoms with Crippen molar-refractivity contribution in [3.8, 4) is 29.0 Å². The Bertz CT molecular complexity index is 889. The van der Waals surface area contributed by atoms with Crippen LogP contribution in [0.2, 0.25) is 0 Å². The quantitative estimate of drug-likeness (QED) is 0.541. The van der Waals surface area contributed by atoms with Crippen molar-refractivity contribution in [2.45, 2.75) is 12.5 Å². The topological polar surface area (TPSA) is 119 Å². The van der Waals surface area contributed by atoms with Crippen LogP contribution >= 0.6 is 0 Å². The van der Waals surface area contributed by atoms with Gasteiger partial charge in [0.25, 0.3) is 5.91 Å². The van der Waals surface area contributed by atoms with Crippen molar-refractivity contribution in [2.75, 3.05) is 20.7 Å². The summed E-state index contributed by atoms with van der Waals surface area (Å²) in [6, 6.07) is 8.72. The number of methoxy groups -OCH3 is 1. The summed E-state index contributed by atoms with van der Waals surface area (Å²) in [6.45, 7) is 0.413. The van der Waals surface area contributed by atoms with Crippen LogP contribution in [-0.2, 0) is 4.79 Å². The fourth-order valence-corrected chi connectivity index (χ4v) is 2.16. The van der Waals surface area contributed by atoms with Gasteiger partial charge in [0.15, 0.2) is 0 Å². The molecule has 0 radical (unpaired) electrons. The molecule has 8 nitrogen and oxygen atoms in total. The summed E-state index contributed by atoms with van der Waals surface area (Å²) < 4.78 is 5.08. The Hall–Kier alpha value is -3.44. The SMILES string of the molecule is COc1cc(-c2cccc(C#C[C@H](O)CCN(C)C=O)c2)nc(C(N)=O)n1. The fourth-order valence-electron chi connectivity index (χ4n) is 2.16. The maximum absolute atomic E-state index is 11.4. The van der Waals surface area contributed by atoms with E-state index in [1.165, 1.54) is 12.0 Å². The summed E-state index contributed by atoms with van der Waals surface area (Å²) in [4.78, 5) is 31.4. The number of hydrogen-bond acceptors (Lipinski definition) is 6. The highest BCUT2D eigenvalue weighted by Crippen LogP contribution is 2.21. The van der Waals surface area contributed by atoms with Gasteiger partial charge in [-0.2, -0.15) is 4.98 Å². The van der Waals surface area contributed by atoms with Gasteiger partial charge in [-0.1, -0.05) is 24.0 Å². The first-order valence-electron chi connectivity index (χ1n) is 8.11. The van der Waals surface area contributed by atoms with Crippen LogP contribution in [0.3, 0.4) is 0 Å². The molecule has 0 saturated carbocycles. The lowest BCUT2D eigenvalue weighted by Crippen LogP contribution is -2.21. The van der Waals surface area contributed by atoms with Crippen molar-refractivity contribution in [3.63, 3.8) is 0 Å². The average Bonchev–Trinajstić information content (AvgIpc) is 2.70. The van der Waals surface area contributed by atoms with E-state index in [0.29, 0.717) is 36.2 Å². The predicted octanol–water partition coefficient (Wildman–Crippen LogP) is 0.442. The molecule has 0 saturated heterocycles. The molecule has 140 valence electrons. The summed E-state index contributed by atoms with van der Waals surface area (Å²) in [5.74, 6) is 4.95. The molecule has 0 aliphatic rings. The largest absolute Gasteiger partial charge is 0.481 e. The van der Waals surface area contributed by atoms with Gasteiger partial charge >= 0.3 is 0 Å². The van der Waals surface area contributed by atoms with E-state index in [2.05, 4.69) is 21.8 Å². The molecule has 8 heteroatoms. The van der Waals surface area contributed by atoms with E-state index in [0.717, 1.165) is 0 Å². The lowest BCUT2D eigenvalue weighted by molar-refractivity contribution is -0.117. The number of primary amides is 1. The third-order valence-corrected chi connectivity index (χ3v) is 3.61. The number of rotatable bonds is 7. The lowest BCUT2D eigenvalue weighted by atomic mass is 10.1. The van der Waals surface area contributed by atoms with Crippen LogP contribution in [0.25, 0.3) is 11.3 Å². The van der Waals surface area contributed by atoms with Crippen LogP contribution in [0.15, 0.2) is 30.3 Å². The Morgan fingerprint density at radius 1 is 1.41 bits per heavy atom. The lowest BCUT2D eigenvalue weighted by Gasteiger charge is -2.10. The van der Waals surface area contributed by atoms with Gasteiger partial charge in [0.05, 0.1) is 12.8 Å². The first kappa shape index (κ1) is 19.9. The maximum Gasteiger partial charge on any atom is 0.286 e. The summed E-state index contributed by atoms with van der Waals surface area (Å²) in [5.41, 5.74) is 7.08. The van der Waals surface area contributed by atoms with E-state index in [4.69, 9.17) is 10.5 Å². The van der Waals surface area contributed by atoms with Crippen molar-refractivity contribution in [1.82, 2.24) is 14.9 Å². The standard InChI is InChI=1S/C19H20N4O4/c1-23(12-24)9-8-15(25)7-6-13-4-3-5-14(10-13)16-11-17(27-2)22-19(21-16)18(20)26/h3-5,10-12,15,25H,8-9H2,1-2H3,(H2,20,26)/t15-/m0/s1. The van der Waals surface area contributed by atoms with Gasteiger partial charge in [0.1, 0.15) is 6.10 Å². The van der Waals surface area contributed by atoms with Crippen LogP contribution in [0.1, 0.15) is 22.6 Å². The molecule has 1 aromatic heterocycles. The summed E-state index contributed by atoms with van der Waals surface area (Å²) in [5, 5.41) is 9.90. The molecule has 0 bridgehead atoms. The molecule has 1 aromatic carbocycles. The number of aromatic nitrogens is 2. The first-order valence-corrected chi connectivity index (χ1v) is 8.11. The highest BCUT2D eigenvalue weighted by atomic mass is 16.5. The van der Waals surface area contributed by atoms with Crippen molar-refractivity contribution in [3.05, 3.63) is 41.7 Å². The Kier molecular flexibility index (Phi) is 6.86. The third kappa shape index (κ3) is 5.80. The third-order valence-electron chi connectivity index (χ3n) is 3.61. The smallest absolute Gasteiger partial charge is 0.286 e. The van der Waals surface area contributed by atoms with E-state index >= 15 is 0 Å². The van der Waals surface area contributed by atoms with E-state index < -0.39 is 12.0 Å². The number of carbonyl (C=O) groups is 2. The monoisotopic (exact) mass is 368 g/mol. The molecule has 27 heavy (non-hydrogen) atoms. The Morgan fingerprint density at radius 3 is 2.85 bits per heavy atom. The highest BCUT2D eigenvalue weighted by Gasteiger charge is 2.11. The second kappa shape index (κ2) is 9.31. The number of aliphatic hydroxyl groups excluding tert-OH is 1. The van der Waals surface area contributed by atoms with Crippen molar-refractivity contribution >= 4 is 12.3 Å². The number of benzene rings is 1. The first-order chi connectivity index (χ1) is 12.9. The predicted molar refractivity (Wildman–Crippen MR) is 98.7 cm³/mol. The summed E-state index contributed by atoms with van der Waals surface area (Å²) in [7, 11) is 3.06. The molecule has 3 N–H and O–H groups in total. The van der Waals surface area contributed by atoms with E-state index in [1.807, 2.05) is 0 Å². The van der Waals surface area contributed by atoms with Gasteiger partial charge in [-0.05, 0) is 12.1 Å². The van der Waals surface area contributed by atoms with Crippen molar-refractivity contribution < 1.29 is 19.4 Å². The van der Waals surface area contributed by atoms with Gasteiger partial charge in [-0.25, -0.2) is 4.98 Å². The minimum absolute atomic E-state index is 0.143. The minimum atomic E-state index is -0.850. The number of amides is 2. The number of ether oxygens (including phenoxy) is 1. The fraction of sp³-hybridized carbons (Fsp3) is 0.263. The Morgan fingerprint density at radius 2 is 2.19 bits per heavy atom. The Labute approximate surface area is 157 Å². The van der Waals surface area contributed by atoms with Crippen LogP contribution in [0.5, 0.6) is 5.88 Å². The van der Waals surface area contributed by atoms with E-state index in [1.54, 1.807) is 37.4 Å². The number of hydrogen-bond donors (Lipinski definition) is 2. The van der Waals surface area contributed by atoms with E-state index in [-0.39, 0.29) is 11.7 Å². The second-order valence-corrected chi connectivity index (χ2v) is 5.72. The molecular formula is C19H20N4O4. The Balaban J connectivity index is 2.23. The van der Waals surface area contributed by atoms with Crippen LogP contribution in [0.4, 0.5) is 0 Å². The van der Waals surface area contributed by atoms with Gasteiger partial charge in [0, 0.05) is 37.2 Å². The van der Waals surface area contributed by atoms with Gasteiger partial charge in [-0.3, -0.25) is 9.59 Å². The molecule has 0 aliphatic heterocycles. The zero-order chi connectivity index (χ0) is 19.8. The normalized spacial score (nSPS) is 11.1. The maximum atomic E-state index is 11.4. The second-order valence-electron chi connectivity index (χ2n) is 5.72. The number of nitrogens with two attached hydrogens (primary N) is 1. The van der Waals surface area contributed by atoms with Crippen LogP contribution < -0.4 is 10.5 Å². The molecule has 2 rings (SSSR count). The summed E-state index contributed by atoms with van der Waals surface area (Å²) >= 11 is 0. The molecule has 0 unspecified atom stereocenters. The van der Waals surface area contributed by atoms with Crippen LogP contribution in [-0.4, -0.2) is 59.1 Å².